The number of anilines is 2. The lowest BCUT2D eigenvalue weighted by molar-refractivity contribution is -0.166. The number of allylic oxidation sites excluding steroid dienone is 2. The highest BCUT2D eigenvalue weighted by Gasteiger charge is 2.53. The largest absolute Gasteiger partial charge is 0.452 e. The average molecular weight is 697 g/mol. The van der Waals surface area contributed by atoms with E-state index in [-0.39, 0.29) is 10.8 Å². The van der Waals surface area contributed by atoms with E-state index >= 15 is 0 Å². The van der Waals surface area contributed by atoms with Crippen LogP contribution in [0.1, 0.15) is 87.3 Å². The molecule has 6 aromatic rings. The highest BCUT2D eigenvalue weighted by molar-refractivity contribution is 6.09. The van der Waals surface area contributed by atoms with Crippen molar-refractivity contribution in [2.75, 3.05) is 4.90 Å². The van der Waals surface area contributed by atoms with E-state index in [2.05, 4.69) is 168 Å². The van der Waals surface area contributed by atoms with E-state index in [1.165, 1.54) is 77.7 Å². The molecular weight excluding hydrogens is 649 g/mol. The third-order valence-corrected chi connectivity index (χ3v) is 12.5. The zero-order valence-corrected chi connectivity index (χ0v) is 32.2. The van der Waals surface area contributed by atoms with Gasteiger partial charge in [-0.1, -0.05) is 80.3 Å². The van der Waals surface area contributed by atoms with Gasteiger partial charge in [-0.15, -0.1) is 0 Å². The predicted octanol–water partition coefficient (Wildman–Crippen LogP) is 12.5. The molecule has 53 heavy (non-hydrogen) atoms. The molecule has 4 heteroatoms. The van der Waals surface area contributed by atoms with Crippen molar-refractivity contribution in [3.8, 4) is 17.2 Å². The monoisotopic (exact) mass is 696 g/mol. The number of fused-ring (bicyclic) bond motifs is 8. The first-order chi connectivity index (χ1) is 25.3. The van der Waals surface area contributed by atoms with Gasteiger partial charge in [0.2, 0.25) is 0 Å². The molecular formula is C49H48N2O2. The molecule has 1 aliphatic carbocycles. The molecule has 0 fully saturated rings. The molecule has 0 bridgehead atoms. The summed E-state index contributed by atoms with van der Waals surface area (Å²) in [5, 5.41) is 2.59. The van der Waals surface area contributed by atoms with Crippen molar-refractivity contribution in [3.63, 3.8) is 0 Å². The standard InChI is InChI=1S/C49H48N2O2/c1-29-9-15-41-35(21-29)36-22-30(2)10-16-42(36)50(41)33-13-19-45-39(25-33)47(5,6)27-49(52-45)28-48(7,8)40-26-34(14-20-46(40)53-49)51-43-17-11-31(3)23-37(43)38-24-32(4)12-18-44(38)51/h9-17,19-26,44H,18,27-28H2,1-8H3. The summed E-state index contributed by atoms with van der Waals surface area (Å²) in [6, 6.07) is 34.4. The Labute approximate surface area is 313 Å². The molecule has 3 aliphatic heterocycles. The fraction of sp³-hybridized carbons (Fsp3) is 0.306. The zero-order valence-electron chi connectivity index (χ0n) is 32.2. The summed E-state index contributed by atoms with van der Waals surface area (Å²) in [6.07, 6.45) is 7.29. The third kappa shape index (κ3) is 4.87. The van der Waals surface area contributed by atoms with Crippen molar-refractivity contribution in [2.24, 2.45) is 0 Å². The number of hydrogen-bond donors (Lipinski definition) is 0. The van der Waals surface area contributed by atoms with Crippen LogP contribution in [0.25, 0.3) is 33.1 Å². The Morgan fingerprint density at radius 2 is 1.15 bits per heavy atom. The van der Waals surface area contributed by atoms with Gasteiger partial charge in [-0.3, -0.25) is 0 Å². The highest BCUT2D eigenvalue weighted by Crippen LogP contribution is 2.56. The molecule has 0 radical (unpaired) electrons. The Hall–Kier alpha value is -5.22. The van der Waals surface area contributed by atoms with Crippen LogP contribution in [0.4, 0.5) is 11.4 Å². The Kier molecular flexibility index (Phi) is 6.68. The Morgan fingerprint density at radius 3 is 1.77 bits per heavy atom. The summed E-state index contributed by atoms with van der Waals surface area (Å²) in [5.74, 6) is 1.07. The van der Waals surface area contributed by atoms with E-state index in [0.29, 0.717) is 6.04 Å². The van der Waals surface area contributed by atoms with Crippen molar-refractivity contribution in [2.45, 2.75) is 97.3 Å². The fourth-order valence-corrected chi connectivity index (χ4v) is 10.2. The van der Waals surface area contributed by atoms with E-state index in [1.54, 1.807) is 0 Å². The van der Waals surface area contributed by atoms with Crippen molar-refractivity contribution in [1.29, 1.82) is 0 Å². The Balaban J connectivity index is 1.02. The lowest BCUT2D eigenvalue weighted by Gasteiger charge is -2.51. The third-order valence-electron chi connectivity index (χ3n) is 12.5. The molecule has 4 nitrogen and oxygen atoms in total. The second-order valence-corrected chi connectivity index (χ2v) is 17.7. The van der Waals surface area contributed by atoms with Gasteiger partial charge in [-0.25, -0.2) is 0 Å². The molecule has 4 aliphatic rings. The molecule has 0 amide bonds. The maximum Gasteiger partial charge on any atom is 0.252 e. The van der Waals surface area contributed by atoms with Gasteiger partial charge in [0.25, 0.3) is 5.79 Å². The quantitative estimate of drug-likeness (QED) is 0.180. The van der Waals surface area contributed by atoms with Gasteiger partial charge in [0.1, 0.15) is 11.5 Å². The van der Waals surface area contributed by atoms with Gasteiger partial charge in [-0.2, -0.15) is 0 Å². The summed E-state index contributed by atoms with van der Waals surface area (Å²) >= 11 is 0. The van der Waals surface area contributed by atoms with Crippen LogP contribution >= 0.6 is 0 Å². The number of nitrogens with zero attached hydrogens (tertiary/aromatic N) is 2. The van der Waals surface area contributed by atoms with E-state index in [1.807, 2.05) is 0 Å². The van der Waals surface area contributed by atoms with Gasteiger partial charge < -0.3 is 18.9 Å². The summed E-state index contributed by atoms with van der Waals surface area (Å²) in [7, 11) is 0. The summed E-state index contributed by atoms with van der Waals surface area (Å²) in [5.41, 5.74) is 16.2. The molecule has 4 heterocycles. The zero-order chi connectivity index (χ0) is 36.6. The van der Waals surface area contributed by atoms with Gasteiger partial charge in [0.05, 0.1) is 17.1 Å². The SMILES string of the molecule is CC1=CCC2C(=C1)c1cc(C)ccc1N2c1ccc2c(c1)C(C)(C)CC1(CC(C)(C)c3cc(-n4c5ccc(C)cc5c5cc(C)ccc54)ccc3O1)O2. The van der Waals surface area contributed by atoms with Gasteiger partial charge >= 0.3 is 0 Å². The fourth-order valence-electron chi connectivity index (χ4n) is 10.2. The minimum atomic E-state index is -0.767. The maximum atomic E-state index is 7.09. The van der Waals surface area contributed by atoms with Crippen molar-refractivity contribution >= 4 is 38.8 Å². The minimum absolute atomic E-state index is 0.173. The van der Waals surface area contributed by atoms with Gasteiger partial charge in [-0.05, 0) is 112 Å². The number of rotatable bonds is 2. The van der Waals surface area contributed by atoms with Gasteiger partial charge in [0, 0.05) is 68.2 Å². The number of aromatic nitrogens is 1. The van der Waals surface area contributed by atoms with E-state index in [9.17, 15) is 0 Å². The molecule has 0 saturated carbocycles. The van der Waals surface area contributed by atoms with Gasteiger partial charge in [0.15, 0.2) is 0 Å². The molecule has 10 rings (SSSR count). The highest BCUT2D eigenvalue weighted by atomic mass is 16.7. The second-order valence-electron chi connectivity index (χ2n) is 17.7. The smallest absolute Gasteiger partial charge is 0.252 e. The van der Waals surface area contributed by atoms with E-state index < -0.39 is 5.79 Å². The van der Waals surface area contributed by atoms with Crippen LogP contribution in [0.15, 0.2) is 109 Å². The van der Waals surface area contributed by atoms with E-state index in [4.69, 9.17) is 9.47 Å². The normalized spacial score (nSPS) is 22.0. The second kappa shape index (κ2) is 10.9. The molecule has 2 atom stereocenters. The summed E-state index contributed by atoms with van der Waals surface area (Å²) in [4.78, 5) is 2.55. The molecule has 2 unspecified atom stereocenters. The number of ether oxygens (including phenoxy) is 2. The van der Waals surface area contributed by atoms with Crippen LogP contribution in [-0.4, -0.2) is 16.4 Å². The molecule has 1 spiro atoms. The molecule has 266 valence electrons. The number of benzene rings is 5. The molecule has 5 aromatic carbocycles. The lowest BCUT2D eigenvalue weighted by atomic mass is 9.69. The van der Waals surface area contributed by atoms with Crippen LogP contribution in [-0.2, 0) is 10.8 Å². The number of hydrogen-bond acceptors (Lipinski definition) is 3. The Morgan fingerprint density at radius 1 is 0.604 bits per heavy atom. The van der Waals surface area contributed by atoms with E-state index in [0.717, 1.165) is 36.4 Å². The predicted molar refractivity (Wildman–Crippen MR) is 219 cm³/mol. The van der Waals surface area contributed by atoms with Crippen LogP contribution in [0, 0.1) is 20.8 Å². The number of aryl methyl sites for hydroxylation is 3. The first kappa shape index (κ1) is 32.4. The lowest BCUT2D eigenvalue weighted by Crippen LogP contribution is -2.55. The van der Waals surface area contributed by atoms with Crippen LogP contribution < -0.4 is 14.4 Å². The average Bonchev–Trinajstić information content (AvgIpc) is 3.58. The maximum absolute atomic E-state index is 7.09. The molecule has 0 N–H and O–H groups in total. The van der Waals surface area contributed by atoms with Crippen LogP contribution in [0.3, 0.4) is 0 Å². The van der Waals surface area contributed by atoms with Crippen LogP contribution in [0.2, 0.25) is 0 Å². The minimum Gasteiger partial charge on any atom is -0.452 e. The summed E-state index contributed by atoms with van der Waals surface area (Å²) < 4.78 is 16.6. The summed E-state index contributed by atoms with van der Waals surface area (Å²) in [6.45, 7) is 18.2. The molecule has 0 saturated heterocycles. The van der Waals surface area contributed by atoms with Crippen molar-refractivity contribution in [1.82, 2.24) is 4.57 Å². The molecule has 1 aromatic heterocycles. The first-order valence-corrected chi connectivity index (χ1v) is 19.3. The van der Waals surface area contributed by atoms with Crippen LogP contribution in [0.5, 0.6) is 11.5 Å². The first-order valence-electron chi connectivity index (χ1n) is 19.3. The van der Waals surface area contributed by atoms with Crippen molar-refractivity contribution in [3.05, 3.63) is 142 Å². The van der Waals surface area contributed by atoms with Crippen molar-refractivity contribution < 1.29 is 9.47 Å². The topological polar surface area (TPSA) is 26.6 Å². The Bertz CT molecular complexity index is 2560.